The van der Waals surface area contributed by atoms with Crippen LogP contribution in [0.2, 0.25) is 0 Å². The minimum absolute atomic E-state index is 0.0250. The van der Waals surface area contributed by atoms with E-state index in [0.717, 1.165) is 35.4 Å². The van der Waals surface area contributed by atoms with E-state index in [2.05, 4.69) is 39.0 Å². The summed E-state index contributed by atoms with van der Waals surface area (Å²) in [4.78, 5) is 23.1. The van der Waals surface area contributed by atoms with Gasteiger partial charge in [-0.2, -0.15) is 5.10 Å². The fourth-order valence-corrected chi connectivity index (χ4v) is 5.94. The van der Waals surface area contributed by atoms with Crippen LogP contribution in [0, 0.1) is 13.8 Å². The fraction of sp³-hybridized carbons (Fsp3) is 0.286. The van der Waals surface area contributed by atoms with Crippen molar-refractivity contribution >= 4 is 39.6 Å². The number of fused-ring (bicyclic) bond motifs is 2. The second-order valence-corrected chi connectivity index (χ2v) is 9.16. The van der Waals surface area contributed by atoms with Crippen molar-refractivity contribution in [1.82, 2.24) is 19.7 Å². The zero-order chi connectivity index (χ0) is 19.4. The van der Waals surface area contributed by atoms with Crippen LogP contribution in [0.3, 0.4) is 0 Å². The zero-order valence-electron chi connectivity index (χ0n) is 16.0. The SMILES string of the molecule is Cc1cc(C(=O)N2CCc3sccc3C2c2cccs2)c2c(C)nn(C)c2n1. The lowest BCUT2D eigenvalue weighted by Crippen LogP contribution is -2.40. The molecule has 0 saturated carbocycles. The van der Waals surface area contributed by atoms with E-state index in [1.807, 2.05) is 31.9 Å². The van der Waals surface area contributed by atoms with Gasteiger partial charge in [0.1, 0.15) is 0 Å². The predicted molar refractivity (Wildman–Crippen MR) is 113 cm³/mol. The smallest absolute Gasteiger partial charge is 0.255 e. The molecule has 1 unspecified atom stereocenters. The Balaban J connectivity index is 1.67. The molecule has 5 rings (SSSR count). The second-order valence-electron chi connectivity index (χ2n) is 7.18. The Morgan fingerprint density at radius 2 is 2.07 bits per heavy atom. The average Bonchev–Trinajstić information content (AvgIpc) is 3.41. The number of amides is 1. The number of aryl methyl sites for hydroxylation is 3. The van der Waals surface area contributed by atoms with Gasteiger partial charge in [-0.25, -0.2) is 4.98 Å². The molecular formula is C21H20N4OS2. The minimum Gasteiger partial charge on any atom is -0.326 e. The van der Waals surface area contributed by atoms with Gasteiger partial charge in [0, 0.05) is 29.0 Å². The van der Waals surface area contributed by atoms with Crippen LogP contribution in [-0.2, 0) is 13.5 Å². The Labute approximate surface area is 171 Å². The van der Waals surface area contributed by atoms with Gasteiger partial charge in [-0.05, 0) is 54.8 Å². The number of hydrogen-bond acceptors (Lipinski definition) is 5. The molecule has 4 aromatic rings. The maximum Gasteiger partial charge on any atom is 0.255 e. The minimum atomic E-state index is -0.0250. The zero-order valence-corrected chi connectivity index (χ0v) is 17.6. The molecule has 4 aromatic heterocycles. The third kappa shape index (κ3) is 2.61. The van der Waals surface area contributed by atoms with Gasteiger partial charge in [0.25, 0.3) is 5.91 Å². The summed E-state index contributed by atoms with van der Waals surface area (Å²) in [6.45, 7) is 4.60. The van der Waals surface area contributed by atoms with Gasteiger partial charge in [0.05, 0.1) is 22.7 Å². The number of carbonyl (C=O) groups is 1. The summed E-state index contributed by atoms with van der Waals surface area (Å²) in [7, 11) is 1.88. The van der Waals surface area contributed by atoms with Crippen molar-refractivity contribution in [3.63, 3.8) is 0 Å². The largest absolute Gasteiger partial charge is 0.326 e. The summed E-state index contributed by atoms with van der Waals surface area (Å²) in [5, 5.41) is 9.58. The number of thiophene rings is 2. The topological polar surface area (TPSA) is 51.0 Å². The Morgan fingerprint density at radius 3 is 2.86 bits per heavy atom. The van der Waals surface area contributed by atoms with Gasteiger partial charge in [0.2, 0.25) is 0 Å². The third-order valence-corrected chi connectivity index (χ3v) is 7.29. The monoisotopic (exact) mass is 408 g/mol. The lowest BCUT2D eigenvalue weighted by atomic mass is 9.96. The highest BCUT2D eigenvalue weighted by Gasteiger charge is 2.35. The number of pyridine rings is 1. The highest BCUT2D eigenvalue weighted by Crippen LogP contribution is 2.40. The van der Waals surface area contributed by atoms with Gasteiger partial charge in [-0.15, -0.1) is 22.7 Å². The highest BCUT2D eigenvalue weighted by molar-refractivity contribution is 7.10. The van der Waals surface area contributed by atoms with Crippen molar-refractivity contribution in [3.05, 3.63) is 67.3 Å². The van der Waals surface area contributed by atoms with Crippen LogP contribution in [-0.4, -0.2) is 32.1 Å². The van der Waals surface area contributed by atoms with E-state index in [1.54, 1.807) is 27.4 Å². The third-order valence-electron chi connectivity index (χ3n) is 5.37. The molecule has 1 atom stereocenters. The molecule has 0 radical (unpaired) electrons. The summed E-state index contributed by atoms with van der Waals surface area (Å²) >= 11 is 3.50. The lowest BCUT2D eigenvalue weighted by molar-refractivity contribution is 0.0700. The quantitative estimate of drug-likeness (QED) is 0.491. The van der Waals surface area contributed by atoms with Crippen LogP contribution < -0.4 is 0 Å². The maximum absolute atomic E-state index is 13.8. The van der Waals surface area contributed by atoms with Crippen LogP contribution >= 0.6 is 22.7 Å². The predicted octanol–water partition coefficient (Wildman–Crippen LogP) is 4.50. The molecule has 28 heavy (non-hydrogen) atoms. The molecule has 1 aliphatic heterocycles. The molecule has 142 valence electrons. The molecule has 0 aliphatic carbocycles. The summed E-state index contributed by atoms with van der Waals surface area (Å²) in [5.74, 6) is 0.0573. The molecule has 0 spiro atoms. The molecular weight excluding hydrogens is 388 g/mol. The molecule has 0 bridgehead atoms. The number of hydrogen-bond donors (Lipinski definition) is 0. The van der Waals surface area contributed by atoms with Crippen molar-refractivity contribution in [2.24, 2.45) is 7.05 Å². The Hall–Kier alpha value is -2.51. The van der Waals surface area contributed by atoms with E-state index in [9.17, 15) is 4.79 Å². The summed E-state index contributed by atoms with van der Waals surface area (Å²) < 4.78 is 1.76. The van der Waals surface area contributed by atoms with E-state index in [4.69, 9.17) is 0 Å². The standard InChI is InChI=1S/C21H20N4OS2/c1-12-11-15(18-13(2)23-24(3)20(18)22-12)21(26)25-8-6-16-14(7-10-28-16)19(25)17-5-4-9-27-17/h4-5,7,9-11,19H,6,8H2,1-3H3. The van der Waals surface area contributed by atoms with E-state index < -0.39 is 0 Å². The molecule has 0 fully saturated rings. The first-order valence-corrected chi connectivity index (χ1v) is 11.0. The summed E-state index contributed by atoms with van der Waals surface area (Å²) in [6, 6.07) is 8.25. The maximum atomic E-state index is 13.8. The average molecular weight is 409 g/mol. The van der Waals surface area contributed by atoms with Crippen LogP contribution in [0.15, 0.2) is 35.0 Å². The molecule has 1 amide bonds. The Bertz CT molecular complexity index is 1190. The number of carbonyl (C=O) groups excluding carboxylic acids is 1. The van der Waals surface area contributed by atoms with Gasteiger partial charge in [0.15, 0.2) is 5.65 Å². The van der Waals surface area contributed by atoms with Crippen molar-refractivity contribution in [2.75, 3.05) is 6.54 Å². The van der Waals surface area contributed by atoms with Crippen molar-refractivity contribution in [2.45, 2.75) is 26.3 Å². The van der Waals surface area contributed by atoms with Crippen molar-refractivity contribution < 1.29 is 4.79 Å². The number of aromatic nitrogens is 3. The molecule has 1 aliphatic rings. The highest BCUT2D eigenvalue weighted by atomic mass is 32.1. The normalized spacial score (nSPS) is 16.5. The van der Waals surface area contributed by atoms with E-state index in [1.165, 1.54) is 15.3 Å². The lowest BCUT2D eigenvalue weighted by Gasteiger charge is -2.35. The first kappa shape index (κ1) is 17.6. The first-order chi connectivity index (χ1) is 13.5. The Kier molecular flexibility index (Phi) is 4.10. The molecule has 5 nitrogen and oxygen atoms in total. The van der Waals surface area contributed by atoms with Crippen LogP contribution in [0.1, 0.15) is 43.1 Å². The summed E-state index contributed by atoms with van der Waals surface area (Å²) in [5.41, 5.74) is 4.40. The van der Waals surface area contributed by atoms with Gasteiger partial charge < -0.3 is 4.90 Å². The van der Waals surface area contributed by atoms with Crippen molar-refractivity contribution in [3.8, 4) is 0 Å². The van der Waals surface area contributed by atoms with E-state index in [0.29, 0.717) is 5.56 Å². The van der Waals surface area contributed by atoms with Crippen molar-refractivity contribution in [1.29, 1.82) is 0 Å². The van der Waals surface area contributed by atoms with Gasteiger partial charge in [-0.1, -0.05) is 6.07 Å². The summed E-state index contributed by atoms with van der Waals surface area (Å²) in [6.07, 6.45) is 0.903. The molecule has 0 saturated heterocycles. The van der Waals surface area contributed by atoms with Gasteiger partial charge >= 0.3 is 0 Å². The van der Waals surface area contributed by atoms with Crippen LogP contribution in [0.5, 0.6) is 0 Å². The molecule has 5 heterocycles. The van der Waals surface area contributed by atoms with E-state index >= 15 is 0 Å². The molecule has 0 N–H and O–H groups in total. The molecule has 7 heteroatoms. The number of nitrogens with zero attached hydrogens (tertiary/aromatic N) is 4. The second kappa shape index (κ2) is 6.53. The van der Waals surface area contributed by atoms with E-state index in [-0.39, 0.29) is 11.9 Å². The fourth-order valence-electron chi connectivity index (χ4n) is 4.18. The Morgan fingerprint density at radius 1 is 1.21 bits per heavy atom. The van der Waals surface area contributed by atoms with Crippen LogP contribution in [0.4, 0.5) is 0 Å². The molecule has 0 aromatic carbocycles. The van der Waals surface area contributed by atoms with Gasteiger partial charge in [-0.3, -0.25) is 9.48 Å². The number of rotatable bonds is 2. The van der Waals surface area contributed by atoms with Crippen LogP contribution in [0.25, 0.3) is 11.0 Å². The first-order valence-electron chi connectivity index (χ1n) is 9.26.